The average molecular weight is 203 g/mol. The summed E-state index contributed by atoms with van der Waals surface area (Å²) in [7, 11) is 0. The molecular formula is C8H4F3NO2. The van der Waals surface area contributed by atoms with E-state index in [1.165, 1.54) is 0 Å². The van der Waals surface area contributed by atoms with Crippen LogP contribution in [0.3, 0.4) is 0 Å². The van der Waals surface area contributed by atoms with Crippen LogP contribution in [0.1, 0.15) is 5.56 Å². The van der Waals surface area contributed by atoms with Gasteiger partial charge in [-0.15, -0.1) is 0 Å². The minimum atomic E-state index is -1.44. The molecule has 0 aliphatic carbocycles. The largest absolute Gasteiger partial charge is 0.259 e. The molecule has 0 saturated carbocycles. The van der Waals surface area contributed by atoms with Crippen LogP contribution in [-0.2, 0) is 0 Å². The summed E-state index contributed by atoms with van der Waals surface area (Å²) in [4.78, 5) is 8.96. The van der Waals surface area contributed by atoms with Gasteiger partial charge >= 0.3 is 0 Å². The van der Waals surface area contributed by atoms with Crippen molar-refractivity contribution in [3.8, 4) is 0 Å². The first-order valence-electron chi connectivity index (χ1n) is 3.47. The van der Waals surface area contributed by atoms with Gasteiger partial charge in [0, 0.05) is 6.08 Å². The molecule has 0 aliphatic rings. The standard InChI is InChI=1S/C8H4F3NO2/c9-6-1-2-7(10)8(11)5(6)3-4-12(13)14/h1-4H/b4-3+. The van der Waals surface area contributed by atoms with Crippen LogP contribution >= 0.6 is 0 Å². The van der Waals surface area contributed by atoms with Crippen molar-refractivity contribution in [2.75, 3.05) is 0 Å². The van der Waals surface area contributed by atoms with Gasteiger partial charge in [-0.1, -0.05) is 0 Å². The Bertz CT molecular complexity index is 404. The van der Waals surface area contributed by atoms with E-state index in [4.69, 9.17) is 0 Å². The van der Waals surface area contributed by atoms with Gasteiger partial charge in [-0.2, -0.15) is 0 Å². The van der Waals surface area contributed by atoms with E-state index in [1.54, 1.807) is 0 Å². The van der Waals surface area contributed by atoms with Gasteiger partial charge in [0.05, 0.1) is 10.5 Å². The van der Waals surface area contributed by atoms with Crippen molar-refractivity contribution in [3.05, 3.63) is 51.5 Å². The van der Waals surface area contributed by atoms with Gasteiger partial charge in [0.1, 0.15) is 5.82 Å². The SMILES string of the molecule is O=[N+]([O-])/C=C/c1c(F)ccc(F)c1F. The molecule has 74 valence electrons. The van der Waals surface area contributed by atoms with E-state index in [9.17, 15) is 23.3 Å². The summed E-state index contributed by atoms with van der Waals surface area (Å²) in [5, 5.41) is 9.86. The van der Waals surface area contributed by atoms with E-state index in [0.717, 1.165) is 0 Å². The van der Waals surface area contributed by atoms with Crippen molar-refractivity contribution in [1.82, 2.24) is 0 Å². The molecule has 0 N–H and O–H groups in total. The van der Waals surface area contributed by atoms with Gasteiger partial charge in [0.25, 0.3) is 0 Å². The van der Waals surface area contributed by atoms with Gasteiger partial charge in [-0.25, -0.2) is 13.2 Å². The van der Waals surface area contributed by atoms with Crippen molar-refractivity contribution in [2.24, 2.45) is 0 Å². The lowest BCUT2D eigenvalue weighted by Gasteiger charge is -1.98. The fraction of sp³-hybridized carbons (Fsp3) is 0. The Labute approximate surface area is 76.6 Å². The lowest BCUT2D eigenvalue weighted by Crippen LogP contribution is -1.94. The van der Waals surface area contributed by atoms with Crippen LogP contribution in [0.5, 0.6) is 0 Å². The maximum Gasteiger partial charge on any atom is 0.235 e. The van der Waals surface area contributed by atoms with E-state index in [0.29, 0.717) is 24.4 Å². The Hall–Kier alpha value is -1.85. The van der Waals surface area contributed by atoms with E-state index in [1.807, 2.05) is 0 Å². The summed E-state index contributed by atoms with van der Waals surface area (Å²) < 4.78 is 38.2. The maximum absolute atomic E-state index is 12.8. The molecule has 1 rings (SSSR count). The minimum absolute atomic E-state index is 0.334. The molecule has 1 aromatic carbocycles. The van der Waals surface area contributed by atoms with Crippen molar-refractivity contribution < 1.29 is 18.1 Å². The van der Waals surface area contributed by atoms with Crippen LogP contribution in [0.2, 0.25) is 0 Å². The molecule has 0 aromatic heterocycles. The fourth-order valence-electron chi connectivity index (χ4n) is 0.831. The second kappa shape index (κ2) is 3.91. The molecule has 0 aliphatic heterocycles. The highest BCUT2D eigenvalue weighted by Crippen LogP contribution is 2.16. The third kappa shape index (κ3) is 2.09. The van der Waals surface area contributed by atoms with Crippen LogP contribution in [0.25, 0.3) is 6.08 Å². The smallest absolute Gasteiger partial charge is 0.235 e. The van der Waals surface area contributed by atoms with Crippen LogP contribution in [0.4, 0.5) is 13.2 Å². The molecule has 0 radical (unpaired) electrons. The third-order valence-corrected chi connectivity index (χ3v) is 1.44. The normalized spacial score (nSPS) is 10.8. The number of nitro groups is 1. The summed E-state index contributed by atoms with van der Waals surface area (Å²) in [6.45, 7) is 0. The van der Waals surface area contributed by atoms with Gasteiger partial charge in [0.15, 0.2) is 11.6 Å². The van der Waals surface area contributed by atoms with Gasteiger partial charge in [0.2, 0.25) is 6.20 Å². The Kier molecular flexibility index (Phi) is 2.85. The summed E-state index contributed by atoms with van der Waals surface area (Å²) in [6.07, 6.45) is 0.897. The third-order valence-electron chi connectivity index (χ3n) is 1.44. The molecule has 0 heterocycles. The Morgan fingerprint density at radius 1 is 1.21 bits per heavy atom. The number of benzene rings is 1. The van der Waals surface area contributed by atoms with E-state index in [-0.39, 0.29) is 0 Å². The fourth-order valence-corrected chi connectivity index (χ4v) is 0.831. The molecule has 6 heteroatoms. The van der Waals surface area contributed by atoms with Gasteiger partial charge < -0.3 is 0 Å². The lowest BCUT2D eigenvalue weighted by molar-refractivity contribution is -0.401. The Morgan fingerprint density at radius 2 is 1.79 bits per heavy atom. The topological polar surface area (TPSA) is 43.1 Å². The van der Waals surface area contributed by atoms with Crippen molar-refractivity contribution >= 4 is 6.08 Å². The Balaban J connectivity index is 3.19. The molecule has 0 fully saturated rings. The highest BCUT2D eigenvalue weighted by Gasteiger charge is 2.11. The first-order chi connectivity index (χ1) is 6.52. The lowest BCUT2D eigenvalue weighted by atomic mass is 10.2. The quantitative estimate of drug-likeness (QED) is 0.420. The highest BCUT2D eigenvalue weighted by molar-refractivity contribution is 5.49. The van der Waals surface area contributed by atoms with Crippen LogP contribution in [-0.4, -0.2) is 4.92 Å². The number of hydrogen-bond donors (Lipinski definition) is 0. The maximum atomic E-state index is 12.8. The molecule has 0 bridgehead atoms. The van der Waals surface area contributed by atoms with Crippen molar-refractivity contribution in [3.63, 3.8) is 0 Å². The van der Waals surface area contributed by atoms with Crippen LogP contribution in [0.15, 0.2) is 18.3 Å². The second-order valence-electron chi connectivity index (χ2n) is 2.36. The molecule has 3 nitrogen and oxygen atoms in total. The molecule has 0 amide bonds. The summed E-state index contributed by atoms with van der Waals surface area (Å²) >= 11 is 0. The number of hydrogen-bond acceptors (Lipinski definition) is 2. The van der Waals surface area contributed by atoms with Crippen LogP contribution in [0, 0.1) is 27.6 Å². The highest BCUT2D eigenvalue weighted by atomic mass is 19.2. The van der Waals surface area contributed by atoms with Gasteiger partial charge in [-0.05, 0) is 12.1 Å². The van der Waals surface area contributed by atoms with Gasteiger partial charge in [-0.3, -0.25) is 10.1 Å². The Morgan fingerprint density at radius 3 is 2.36 bits per heavy atom. The molecule has 0 saturated heterocycles. The first-order valence-corrected chi connectivity index (χ1v) is 3.47. The molecule has 0 atom stereocenters. The summed E-state index contributed by atoms with van der Waals surface area (Å²) in [5.41, 5.74) is -0.762. The first kappa shape index (κ1) is 10.2. The summed E-state index contributed by atoms with van der Waals surface area (Å²) in [6, 6.07) is 1.30. The van der Waals surface area contributed by atoms with Crippen molar-refractivity contribution in [1.29, 1.82) is 0 Å². The number of nitrogens with zero attached hydrogens (tertiary/aromatic N) is 1. The van der Waals surface area contributed by atoms with E-state index >= 15 is 0 Å². The predicted molar refractivity (Wildman–Crippen MR) is 42.3 cm³/mol. The van der Waals surface area contributed by atoms with Crippen LogP contribution < -0.4 is 0 Å². The zero-order valence-electron chi connectivity index (χ0n) is 6.71. The predicted octanol–water partition coefficient (Wildman–Crippen LogP) is 2.35. The molecular weight excluding hydrogens is 199 g/mol. The summed E-state index contributed by atoms with van der Waals surface area (Å²) in [5.74, 6) is -3.75. The molecule has 1 aromatic rings. The zero-order chi connectivity index (χ0) is 10.7. The molecule has 0 spiro atoms. The second-order valence-corrected chi connectivity index (χ2v) is 2.36. The monoisotopic (exact) mass is 203 g/mol. The number of halogens is 3. The average Bonchev–Trinajstić information content (AvgIpc) is 2.11. The number of rotatable bonds is 2. The molecule has 14 heavy (non-hydrogen) atoms. The van der Waals surface area contributed by atoms with Crippen molar-refractivity contribution in [2.45, 2.75) is 0 Å². The van der Waals surface area contributed by atoms with E-state index in [2.05, 4.69) is 0 Å². The molecule has 0 unspecified atom stereocenters. The zero-order valence-corrected chi connectivity index (χ0v) is 6.71. The van der Waals surface area contributed by atoms with E-state index < -0.39 is 27.9 Å². The minimum Gasteiger partial charge on any atom is -0.259 e.